The number of morpholine rings is 1. The minimum Gasteiger partial charge on any atom is -0.481 e. The molecule has 1 amide bonds. The van der Waals surface area contributed by atoms with Gasteiger partial charge in [0.15, 0.2) is 4.67 Å². The summed E-state index contributed by atoms with van der Waals surface area (Å²) >= 11 is 3.15. The maximum Gasteiger partial charge on any atom is 0.306 e. The third-order valence-corrected chi connectivity index (χ3v) is 3.29. The lowest BCUT2D eigenvalue weighted by molar-refractivity contribution is -0.141. The molecule has 2 heterocycles. The van der Waals surface area contributed by atoms with Crippen molar-refractivity contribution in [3.63, 3.8) is 0 Å². The maximum absolute atomic E-state index is 12.1. The van der Waals surface area contributed by atoms with Gasteiger partial charge in [0.1, 0.15) is 0 Å². The van der Waals surface area contributed by atoms with E-state index in [4.69, 9.17) is 14.3 Å². The summed E-state index contributed by atoms with van der Waals surface area (Å²) in [7, 11) is 0. The molecule has 0 bridgehead atoms. The second-order valence-electron chi connectivity index (χ2n) is 3.95. The van der Waals surface area contributed by atoms with Gasteiger partial charge in [-0.05, 0) is 22.0 Å². The molecular formula is C11H12BrNO5. The van der Waals surface area contributed by atoms with Gasteiger partial charge in [0.25, 0.3) is 5.91 Å². The molecule has 1 fully saturated rings. The zero-order valence-corrected chi connectivity index (χ0v) is 11.1. The normalized spacial score (nSPS) is 19.8. The first-order chi connectivity index (χ1) is 8.58. The molecule has 0 radical (unpaired) electrons. The lowest BCUT2D eigenvalue weighted by Crippen LogP contribution is -2.46. The zero-order chi connectivity index (χ0) is 13.1. The summed E-state index contributed by atoms with van der Waals surface area (Å²) in [5.74, 6) is -1.12. The van der Waals surface area contributed by atoms with Crippen molar-refractivity contribution in [3.05, 3.63) is 22.6 Å². The van der Waals surface area contributed by atoms with Crippen LogP contribution in [0.3, 0.4) is 0 Å². The Labute approximate surface area is 112 Å². The fourth-order valence-corrected chi connectivity index (χ4v) is 2.25. The molecule has 2 rings (SSSR count). The molecule has 0 aliphatic carbocycles. The second-order valence-corrected chi connectivity index (χ2v) is 4.67. The van der Waals surface area contributed by atoms with E-state index in [1.807, 2.05) is 0 Å². The van der Waals surface area contributed by atoms with Gasteiger partial charge in [-0.2, -0.15) is 0 Å². The van der Waals surface area contributed by atoms with Crippen molar-refractivity contribution in [1.29, 1.82) is 0 Å². The Bertz CT molecular complexity index is 458. The van der Waals surface area contributed by atoms with Gasteiger partial charge in [-0.25, -0.2) is 0 Å². The number of hydrogen-bond donors (Lipinski definition) is 1. The van der Waals surface area contributed by atoms with Gasteiger partial charge in [0, 0.05) is 13.1 Å². The van der Waals surface area contributed by atoms with Crippen LogP contribution in [-0.2, 0) is 9.53 Å². The summed E-state index contributed by atoms with van der Waals surface area (Å²) in [6.07, 6.45) is 0.869. The summed E-state index contributed by atoms with van der Waals surface area (Å²) in [5, 5.41) is 8.71. The Morgan fingerprint density at radius 1 is 1.56 bits per heavy atom. The predicted molar refractivity (Wildman–Crippen MR) is 64.3 cm³/mol. The number of carbonyl (C=O) groups excluding carboxylic acids is 1. The lowest BCUT2D eigenvalue weighted by atomic mass is 10.2. The van der Waals surface area contributed by atoms with Gasteiger partial charge in [-0.3, -0.25) is 9.59 Å². The Kier molecular flexibility index (Phi) is 4.03. The number of carboxylic acids is 1. The molecule has 1 saturated heterocycles. The molecule has 1 aromatic heterocycles. The minimum atomic E-state index is -0.932. The van der Waals surface area contributed by atoms with Crippen LogP contribution in [-0.4, -0.2) is 47.7 Å². The lowest BCUT2D eigenvalue weighted by Gasteiger charge is -2.32. The molecular weight excluding hydrogens is 306 g/mol. The Hall–Kier alpha value is -1.34. The molecule has 18 heavy (non-hydrogen) atoms. The van der Waals surface area contributed by atoms with Crippen molar-refractivity contribution in [2.24, 2.45) is 0 Å². The second kappa shape index (κ2) is 5.53. The van der Waals surface area contributed by atoms with Crippen molar-refractivity contribution in [2.75, 3.05) is 19.7 Å². The van der Waals surface area contributed by atoms with E-state index < -0.39 is 12.1 Å². The van der Waals surface area contributed by atoms with E-state index in [1.165, 1.54) is 6.26 Å². The van der Waals surface area contributed by atoms with E-state index in [0.717, 1.165) is 0 Å². The number of halogens is 1. The SMILES string of the molecule is O=C(O)CC1CN(C(=O)c2ccoc2Br)CCO1. The highest BCUT2D eigenvalue weighted by atomic mass is 79.9. The number of nitrogens with zero attached hydrogens (tertiary/aromatic N) is 1. The molecule has 98 valence electrons. The summed E-state index contributed by atoms with van der Waals surface area (Å²) in [4.78, 5) is 24.3. The molecule has 7 heteroatoms. The Morgan fingerprint density at radius 2 is 2.33 bits per heavy atom. The van der Waals surface area contributed by atoms with Crippen LogP contribution < -0.4 is 0 Å². The number of hydrogen-bond acceptors (Lipinski definition) is 4. The average Bonchev–Trinajstić information content (AvgIpc) is 2.74. The molecule has 1 aliphatic rings. The van der Waals surface area contributed by atoms with E-state index in [1.54, 1.807) is 11.0 Å². The Morgan fingerprint density at radius 3 is 2.94 bits per heavy atom. The Balaban J connectivity index is 2.03. The zero-order valence-electron chi connectivity index (χ0n) is 9.47. The first-order valence-corrected chi connectivity index (χ1v) is 6.23. The fraction of sp³-hybridized carbons (Fsp3) is 0.455. The number of aliphatic carboxylic acids is 1. The number of carboxylic acid groups (broad SMARTS) is 1. The number of furan rings is 1. The van der Waals surface area contributed by atoms with E-state index in [0.29, 0.717) is 23.4 Å². The number of ether oxygens (including phenoxy) is 1. The van der Waals surface area contributed by atoms with Crippen LogP contribution in [0.1, 0.15) is 16.8 Å². The first-order valence-electron chi connectivity index (χ1n) is 5.43. The van der Waals surface area contributed by atoms with Crippen molar-refractivity contribution in [3.8, 4) is 0 Å². The van der Waals surface area contributed by atoms with Gasteiger partial charge >= 0.3 is 5.97 Å². The van der Waals surface area contributed by atoms with Crippen LogP contribution in [0.25, 0.3) is 0 Å². The standard InChI is InChI=1S/C11H12BrNO5/c12-10-8(1-3-18-10)11(16)13-2-4-17-7(6-13)5-9(14)15/h1,3,7H,2,4-6H2,(H,14,15). The third kappa shape index (κ3) is 2.91. The van der Waals surface area contributed by atoms with Crippen molar-refractivity contribution < 1.29 is 23.8 Å². The predicted octanol–water partition coefficient (Wildman–Crippen LogP) is 1.36. The van der Waals surface area contributed by atoms with Crippen LogP contribution in [0, 0.1) is 0 Å². The number of carbonyl (C=O) groups is 2. The number of amides is 1. The van der Waals surface area contributed by atoms with Crippen molar-refractivity contribution in [2.45, 2.75) is 12.5 Å². The van der Waals surface area contributed by atoms with Gasteiger partial charge in [-0.15, -0.1) is 0 Å². The van der Waals surface area contributed by atoms with Gasteiger partial charge in [0.05, 0.1) is 31.0 Å². The molecule has 1 aromatic rings. The molecule has 1 aliphatic heterocycles. The van der Waals surface area contributed by atoms with Gasteiger partial charge in [0.2, 0.25) is 0 Å². The van der Waals surface area contributed by atoms with E-state index >= 15 is 0 Å². The van der Waals surface area contributed by atoms with Crippen LogP contribution in [0.2, 0.25) is 0 Å². The van der Waals surface area contributed by atoms with Gasteiger partial charge < -0.3 is 19.2 Å². The molecule has 6 nitrogen and oxygen atoms in total. The third-order valence-electron chi connectivity index (χ3n) is 2.68. The van der Waals surface area contributed by atoms with E-state index in [-0.39, 0.29) is 18.9 Å². The summed E-state index contributed by atoms with van der Waals surface area (Å²) in [6.45, 7) is 1.08. The minimum absolute atomic E-state index is 0.101. The molecule has 0 saturated carbocycles. The molecule has 1 unspecified atom stereocenters. The van der Waals surface area contributed by atoms with E-state index in [2.05, 4.69) is 15.9 Å². The fourth-order valence-electron chi connectivity index (χ4n) is 1.84. The highest BCUT2D eigenvalue weighted by Gasteiger charge is 2.28. The topological polar surface area (TPSA) is 80.0 Å². The highest BCUT2D eigenvalue weighted by molar-refractivity contribution is 9.10. The maximum atomic E-state index is 12.1. The van der Waals surface area contributed by atoms with Gasteiger partial charge in [-0.1, -0.05) is 0 Å². The largest absolute Gasteiger partial charge is 0.481 e. The van der Waals surface area contributed by atoms with Crippen LogP contribution in [0.15, 0.2) is 21.4 Å². The van der Waals surface area contributed by atoms with Crippen molar-refractivity contribution >= 4 is 27.8 Å². The summed E-state index contributed by atoms with van der Waals surface area (Å²) < 4.78 is 10.7. The molecule has 1 atom stereocenters. The number of rotatable bonds is 3. The smallest absolute Gasteiger partial charge is 0.306 e. The van der Waals surface area contributed by atoms with Crippen LogP contribution in [0.4, 0.5) is 0 Å². The van der Waals surface area contributed by atoms with Crippen LogP contribution >= 0.6 is 15.9 Å². The summed E-state index contributed by atoms with van der Waals surface area (Å²) in [5.41, 5.74) is 0.436. The van der Waals surface area contributed by atoms with E-state index in [9.17, 15) is 9.59 Å². The van der Waals surface area contributed by atoms with Crippen LogP contribution in [0.5, 0.6) is 0 Å². The quantitative estimate of drug-likeness (QED) is 0.910. The summed E-state index contributed by atoms with van der Waals surface area (Å²) in [6, 6.07) is 1.58. The molecule has 0 spiro atoms. The molecule has 0 aromatic carbocycles. The average molecular weight is 318 g/mol. The highest BCUT2D eigenvalue weighted by Crippen LogP contribution is 2.21. The van der Waals surface area contributed by atoms with Crippen molar-refractivity contribution in [1.82, 2.24) is 4.90 Å². The molecule has 1 N–H and O–H groups in total. The first kappa shape index (κ1) is 13.1. The monoisotopic (exact) mass is 317 g/mol.